The van der Waals surface area contributed by atoms with Crippen molar-refractivity contribution in [2.75, 3.05) is 39.3 Å². The third-order valence-corrected chi connectivity index (χ3v) is 12.5. The van der Waals surface area contributed by atoms with Crippen molar-refractivity contribution >= 4 is 28.9 Å². The van der Waals surface area contributed by atoms with Crippen LogP contribution in [0.15, 0.2) is 66.7 Å². The Morgan fingerprint density at radius 2 is 1.11 bits per heavy atom. The molecule has 3 aliphatic rings. The lowest BCUT2D eigenvalue weighted by Crippen LogP contribution is -2.28. The monoisotopic (exact) mass is 764 g/mol. The molecule has 0 bridgehead atoms. The normalized spacial score (nSPS) is 21.4. The molecule has 0 amide bonds. The molecule has 0 aliphatic carbocycles. The van der Waals surface area contributed by atoms with Crippen molar-refractivity contribution in [3.05, 3.63) is 100 Å². The number of carbonyl (C=O) groups is 3. The highest BCUT2D eigenvalue weighted by molar-refractivity contribution is 5.80. The van der Waals surface area contributed by atoms with Gasteiger partial charge in [0.15, 0.2) is 0 Å². The summed E-state index contributed by atoms with van der Waals surface area (Å²) >= 11 is 0. The highest BCUT2D eigenvalue weighted by atomic mass is 16.4. The SMILES string of the molecule is Cn1c(CC(C(=O)O)C2CCNC2)nc2cccc(CN(Cc3cccc(CC(C(=O)O)C4CCNC4)c3)Cc3cccc(CC(C(=O)O)C4CCNC4)c3)c21. The Morgan fingerprint density at radius 3 is 1.55 bits per heavy atom. The number of rotatable bonds is 18. The lowest BCUT2D eigenvalue weighted by atomic mass is 9.86. The predicted octanol–water partition coefficient (Wildman–Crippen LogP) is 4.33. The zero-order valence-corrected chi connectivity index (χ0v) is 32.3. The first-order chi connectivity index (χ1) is 27.1. The van der Waals surface area contributed by atoms with Crippen molar-refractivity contribution in [1.82, 2.24) is 30.4 Å². The van der Waals surface area contributed by atoms with E-state index in [1.807, 2.05) is 43.4 Å². The summed E-state index contributed by atoms with van der Waals surface area (Å²) in [6.07, 6.45) is 3.88. The number of aliphatic carboxylic acids is 3. The number of carboxylic acid groups (broad SMARTS) is 3. The van der Waals surface area contributed by atoms with E-state index in [1.165, 1.54) is 0 Å². The largest absolute Gasteiger partial charge is 0.481 e. The van der Waals surface area contributed by atoms with Crippen LogP contribution in [0.1, 0.15) is 52.9 Å². The Hall–Kier alpha value is -4.62. The van der Waals surface area contributed by atoms with Gasteiger partial charge in [-0.1, -0.05) is 60.7 Å². The van der Waals surface area contributed by atoms with Crippen molar-refractivity contribution in [2.45, 2.75) is 58.2 Å². The van der Waals surface area contributed by atoms with E-state index in [1.54, 1.807) is 0 Å². The van der Waals surface area contributed by atoms with Crippen LogP contribution in [-0.2, 0) is 60.3 Å². The van der Waals surface area contributed by atoms with E-state index in [2.05, 4.69) is 55.7 Å². The van der Waals surface area contributed by atoms with Gasteiger partial charge in [0.2, 0.25) is 0 Å². The van der Waals surface area contributed by atoms with Crippen molar-refractivity contribution in [3.63, 3.8) is 0 Å². The maximum atomic E-state index is 12.4. The summed E-state index contributed by atoms with van der Waals surface area (Å²) in [5.74, 6) is -2.67. The highest BCUT2D eigenvalue weighted by Crippen LogP contribution is 2.30. The van der Waals surface area contributed by atoms with E-state index < -0.39 is 35.7 Å². The topological polar surface area (TPSA) is 169 Å². The van der Waals surface area contributed by atoms with Gasteiger partial charge in [0, 0.05) is 33.1 Å². The third kappa shape index (κ3) is 9.49. The fraction of sp³-hybridized carbons (Fsp3) is 0.500. The molecule has 1 aromatic heterocycles. The van der Waals surface area contributed by atoms with Crippen molar-refractivity contribution in [1.29, 1.82) is 0 Å². The molecular weight excluding hydrogens is 709 g/mol. The number of imidazole rings is 1. The molecule has 7 rings (SSSR count). The summed E-state index contributed by atoms with van der Waals surface area (Å²) in [6.45, 7) is 6.47. The maximum Gasteiger partial charge on any atom is 0.307 e. The molecule has 6 N–H and O–H groups in total. The Kier molecular flexibility index (Phi) is 12.8. The Labute approximate surface area is 328 Å². The summed E-state index contributed by atoms with van der Waals surface area (Å²) in [5, 5.41) is 40.4. The van der Waals surface area contributed by atoms with Crippen LogP contribution in [0.25, 0.3) is 11.0 Å². The minimum absolute atomic E-state index is 0.0648. The summed E-state index contributed by atoms with van der Waals surface area (Å²) in [5.41, 5.74) is 7.07. The molecule has 3 saturated heterocycles. The second-order valence-electron chi connectivity index (χ2n) is 16.4. The number of nitrogens with one attached hydrogen (secondary N) is 3. The van der Waals surface area contributed by atoms with Gasteiger partial charge in [-0.2, -0.15) is 0 Å². The van der Waals surface area contributed by atoms with Crippen LogP contribution in [0, 0.1) is 35.5 Å². The second kappa shape index (κ2) is 18.1. The van der Waals surface area contributed by atoms with Crippen LogP contribution >= 0.6 is 0 Å². The molecule has 12 nitrogen and oxygen atoms in total. The smallest absolute Gasteiger partial charge is 0.307 e. The number of fused-ring (bicyclic) bond motifs is 1. The van der Waals surface area contributed by atoms with Gasteiger partial charge in [0.05, 0.1) is 28.8 Å². The van der Waals surface area contributed by atoms with Gasteiger partial charge in [0.25, 0.3) is 0 Å². The van der Waals surface area contributed by atoms with Crippen LogP contribution in [0.3, 0.4) is 0 Å². The molecule has 4 heterocycles. The molecule has 0 saturated carbocycles. The fourth-order valence-corrected chi connectivity index (χ4v) is 9.48. The number of hydrogen-bond acceptors (Lipinski definition) is 8. The Morgan fingerprint density at radius 1 is 0.661 bits per heavy atom. The van der Waals surface area contributed by atoms with E-state index in [4.69, 9.17) is 4.98 Å². The zero-order chi connectivity index (χ0) is 39.2. The van der Waals surface area contributed by atoms with Crippen molar-refractivity contribution < 1.29 is 29.7 Å². The van der Waals surface area contributed by atoms with E-state index in [9.17, 15) is 29.7 Å². The number of nitrogens with zero attached hydrogens (tertiary/aromatic N) is 3. The molecule has 3 aliphatic heterocycles. The summed E-state index contributed by atoms with van der Waals surface area (Å²) in [6, 6.07) is 22.7. The molecule has 3 aromatic carbocycles. The third-order valence-electron chi connectivity index (χ3n) is 12.5. The van der Waals surface area contributed by atoms with Crippen LogP contribution in [0.4, 0.5) is 0 Å². The quantitative estimate of drug-likeness (QED) is 0.0853. The van der Waals surface area contributed by atoms with E-state index in [0.29, 0.717) is 45.4 Å². The molecule has 298 valence electrons. The Balaban J connectivity index is 1.17. The van der Waals surface area contributed by atoms with Crippen LogP contribution in [0.5, 0.6) is 0 Å². The van der Waals surface area contributed by atoms with Crippen molar-refractivity contribution in [3.8, 4) is 0 Å². The first kappa shape index (κ1) is 39.6. The van der Waals surface area contributed by atoms with E-state index >= 15 is 0 Å². The minimum atomic E-state index is -0.786. The molecule has 4 aromatic rings. The molecule has 56 heavy (non-hydrogen) atoms. The van der Waals surface area contributed by atoms with Gasteiger partial charge in [0.1, 0.15) is 5.82 Å². The molecule has 6 unspecified atom stereocenters. The standard InChI is InChI=1S/C44H56N6O6/c1-49-40(21-38(44(55)56)34-13-16-47-24-34)48-39-10-4-9-35(41(39)49)27-50(25-30-7-2-5-28(17-30)19-36(42(51)52)32-11-14-45-22-32)26-31-8-3-6-29(18-31)20-37(43(53)54)33-12-15-46-23-33/h2-10,17-18,32-34,36-38,45-47H,11-16,19-27H2,1H3,(H,51,52)(H,53,54)(H,55,56). The van der Waals surface area contributed by atoms with E-state index in [0.717, 1.165) is 96.7 Å². The number of hydrogen-bond donors (Lipinski definition) is 6. The van der Waals surface area contributed by atoms with Crippen LogP contribution in [0.2, 0.25) is 0 Å². The van der Waals surface area contributed by atoms with Gasteiger partial charge in [-0.05, 0) is 123 Å². The van der Waals surface area contributed by atoms with Crippen LogP contribution in [-0.4, -0.2) is 86.9 Å². The molecule has 0 spiro atoms. The highest BCUT2D eigenvalue weighted by Gasteiger charge is 2.33. The second-order valence-corrected chi connectivity index (χ2v) is 16.4. The first-order valence-corrected chi connectivity index (χ1v) is 20.2. The average molecular weight is 765 g/mol. The van der Waals surface area contributed by atoms with Gasteiger partial charge < -0.3 is 35.8 Å². The molecular formula is C44H56N6O6. The predicted molar refractivity (Wildman–Crippen MR) is 214 cm³/mol. The molecule has 12 heteroatoms. The average Bonchev–Trinajstić information content (AvgIpc) is 4.02. The summed E-state index contributed by atoms with van der Waals surface area (Å²) in [7, 11) is 1.98. The molecule has 3 fully saturated rings. The van der Waals surface area contributed by atoms with Gasteiger partial charge >= 0.3 is 17.9 Å². The van der Waals surface area contributed by atoms with Gasteiger partial charge in [-0.15, -0.1) is 0 Å². The number of para-hydroxylation sites is 1. The molecule has 6 atom stereocenters. The lowest BCUT2D eigenvalue weighted by molar-refractivity contribution is -0.144. The van der Waals surface area contributed by atoms with E-state index in [-0.39, 0.29) is 17.8 Å². The number of aromatic nitrogens is 2. The first-order valence-electron chi connectivity index (χ1n) is 20.2. The summed E-state index contributed by atoms with van der Waals surface area (Å²) in [4.78, 5) is 44.4. The zero-order valence-electron chi connectivity index (χ0n) is 32.3. The lowest BCUT2D eigenvalue weighted by Gasteiger charge is -2.25. The van der Waals surface area contributed by atoms with Crippen LogP contribution < -0.4 is 16.0 Å². The number of carboxylic acids is 3. The molecule has 0 radical (unpaired) electrons. The number of aryl methyl sites for hydroxylation is 1. The van der Waals surface area contributed by atoms with Gasteiger partial charge in [-0.25, -0.2) is 4.98 Å². The Bertz CT molecular complexity index is 1920. The van der Waals surface area contributed by atoms with Crippen molar-refractivity contribution in [2.24, 2.45) is 42.6 Å². The fourth-order valence-electron chi connectivity index (χ4n) is 9.48. The number of benzene rings is 3. The minimum Gasteiger partial charge on any atom is -0.481 e. The summed E-state index contributed by atoms with van der Waals surface area (Å²) < 4.78 is 2.07. The van der Waals surface area contributed by atoms with Gasteiger partial charge in [-0.3, -0.25) is 19.3 Å². The maximum absolute atomic E-state index is 12.4.